The fourth-order valence-electron chi connectivity index (χ4n) is 17.2. The van der Waals surface area contributed by atoms with Crippen molar-refractivity contribution in [3.63, 3.8) is 0 Å². The zero-order valence-corrected chi connectivity index (χ0v) is 86.6. The fraction of sp³-hybridized carbons (Fsp3) is 0.816. The molecule has 0 saturated carbocycles. The number of hydrogen-bond donors (Lipinski definition) is 0. The number of anilines is 6. The highest BCUT2D eigenvalue weighted by atomic mass is 16.6. The van der Waals surface area contributed by atoms with E-state index >= 15 is 0 Å². The van der Waals surface area contributed by atoms with Gasteiger partial charge in [0.2, 0.25) is 35.1 Å². The standard InChI is InChI=1S/C114H204N6O9/c1-13-22-31-40-49-58-67-76-85-121-103-94-100(95-104(122-86-77-68-59-50-41-32-23-14-2)109(103)127-91-82-73-64-55-46-37-28-19-7)118(10)112-115-113(119(11)101-96-105(123-87-78-69-60-51-42-33-24-15-3)110(128-92-83-74-65-56-47-38-29-20-8)106(97-101)124-88-79-70-61-52-43-34-25-16-4)117-114(116-112)120(12)102-98-107(125-89-80-71-62-53-44-35-26-17-5)111(129-93-84-75-66-57-48-39-30-21-9)108(99-102)126-90-81-72-63-54-45-36-27-18-6/h94-99H,13-93H2,1-12H3. The van der Waals surface area contributed by atoms with Crippen LogP contribution < -0.4 is 57.3 Å². The van der Waals surface area contributed by atoms with E-state index in [-0.39, 0.29) is 0 Å². The fourth-order valence-corrected chi connectivity index (χ4v) is 17.2. The Morgan fingerprint density at radius 3 is 0.388 bits per heavy atom. The lowest BCUT2D eigenvalue weighted by molar-refractivity contribution is 0.234. The lowest BCUT2D eigenvalue weighted by Crippen LogP contribution is -2.23. The molecule has 0 N–H and O–H groups in total. The number of ether oxygens (including phenoxy) is 9. The summed E-state index contributed by atoms with van der Waals surface area (Å²) in [7, 11) is 6.22. The maximum absolute atomic E-state index is 7.08. The van der Waals surface area contributed by atoms with E-state index in [1.807, 2.05) is 0 Å². The number of hydrogen-bond acceptors (Lipinski definition) is 15. The van der Waals surface area contributed by atoms with Gasteiger partial charge in [-0.05, 0) is 57.8 Å². The Bertz CT molecular complexity index is 2720. The number of unbranched alkanes of at least 4 members (excludes halogenated alkanes) is 63. The van der Waals surface area contributed by atoms with E-state index in [1.165, 1.54) is 347 Å². The third kappa shape index (κ3) is 56.3. The molecule has 3 aromatic carbocycles. The molecule has 4 rings (SSSR count). The lowest BCUT2D eigenvalue weighted by atomic mass is 10.1. The van der Waals surface area contributed by atoms with Gasteiger partial charge in [0.15, 0.2) is 34.5 Å². The number of aromatic nitrogens is 3. The molecular weight excluding hydrogens is 1600 g/mol. The second-order valence-corrected chi connectivity index (χ2v) is 38.1. The normalized spacial score (nSPS) is 11.4. The average molecular weight is 1800 g/mol. The Morgan fingerprint density at radius 1 is 0.155 bits per heavy atom. The second kappa shape index (κ2) is 82.9. The van der Waals surface area contributed by atoms with E-state index < -0.39 is 0 Å². The molecule has 0 radical (unpaired) electrons. The lowest BCUT2D eigenvalue weighted by Gasteiger charge is -2.27. The SMILES string of the molecule is CCCCCCCCCCOc1cc(N(C)c2nc(N(C)c3cc(OCCCCCCCCCC)c(OCCCCCCCCCC)c(OCCCCCCCCCC)c3)nc(N(C)c3cc(OCCCCCCCCCC)c(OCCCCCCCCCC)c(OCCCCCCCCCC)c3)n2)cc(OCCCCCCCCCC)c1OCCCCCCCCCC. The first-order valence-electron chi connectivity index (χ1n) is 55.8. The topological polar surface area (TPSA) is 131 Å². The van der Waals surface area contributed by atoms with E-state index in [4.69, 9.17) is 57.6 Å². The Labute approximate surface area is 796 Å². The third-order valence-corrected chi connectivity index (χ3v) is 25.9. The molecule has 0 aliphatic rings. The first-order valence-corrected chi connectivity index (χ1v) is 55.8. The minimum Gasteiger partial charge on any atom is -0.489 e. The maximum atomic E-state index is 7.08. The summed E-state index contributed by atoms with van der Waals surface area (Å²) in [6.07, 6.45) is 87.4. The van der Waals surface area contributed by atoms with Crippen LogP contribution in [0.15, 0.2) is 36.4 Å². The van der Waals surface area contributed by atoms with Crippen molar-refractivity contribution in [2.24, 2.45) is 0 Å². The van der Waals surface area contributed by atoms with Crippen LogP contribution >= 0.6 is 0 Å². The van der Waals surface area contributed by atoms with E-state index in [0.29, 0.717) is 129 Å². The van der Waals surface area contributed by atoms with Crippen LogP contribution in [0.1, 0.15) is 525 Å². The van der Waals surface area contributed by atoms with Crippen molar-refractivity contribution in [1.82, 2.24) is 15.0 Å². The zero-order chi connectivity index (χ0) is 92.4. The van der Waals surface area contributed by atoms with E-state index in [0.717, 1.165) is 133 Å². The Morgan fingerprint density at radius 2 is 0.264 bits per heavy atom. The van der Waals surface area contributed by atoms with Crippen LogP contribution in [0, 0.1) is 0 Å². The van der Waals surface area contributed by atoms with Gasteiger partial charge in [0.05, 0.1) is 76.5 Å². The van der Waals surface area contributed by atoms with Gasteiger partial charge >= 0.3 is 0 Å². The summed E-state index contributed by atoms with van der Waals surface area (Å²) in [6.45, 7) is 25.9. The quantitative estimate of drug-likeness (QED) is 0.0388. The van der Waals surface area contributed by atoms with Crippen molar-refractivity contribution in [2.45, 2.75) is 525 Å². The Kier molecular flexibility index (Phi) is 74.3. The van der Waals surface area contributed by atoms with Gasteiger partial charge in [0.1, 0.15) is 0 Å². The largest absolute Gasteiger partial charge is 0.489 e. The third-order valence-electron chi connectivity index (χ3n) is 25.9. The molecule has 0 saturated heterocycles. The first kappa shape index (κ1) is 116. The van der Waals surface area contributed by atoms with Gasteiger partial charge in [-0.2, -0.15) is 15.0 Å². The van der Waals surface area contributed by atoms with Crippen molar-refractivity contribution >= 4 is 34.9 Å². The molecule has 1 heterocycles. The molecule has 4 aromatic rings. The molecule has 0 spiro atoms. The molecule has 0 atom stereocenters. The Hall–Kier alpha value is -5.73. The maximum Gasteiger partial charge on any atom is 0.236 e. The molecule has 0 unspecified atom stereocenters. The highest BCUT2D eigenvalue weighted by molar-refractivity contribution is 5.73. The van der Waals surface area contributed by atoms with Crippen molar-refractivity contribution in [1.29, 1.82) is 0 Å². The van der Waals surface area contributed by atoms with Gasteiger partial charge in [0.25, 0.3) is 0 Å². The molecule has 15 heteroatoms. The van der Waals surface area contributed by atoms with Crippen LogP contribution in [0.2, 0.25) is 0 Å². The number of benzene rings is 3. The molecule has 15 nitrogen and oxygen atoms in total. The van der Waals surface area contributed by atoms with Gasteiger partial charge in [0, 0.05) is 57.5 Å². The van der Waals surface area contributed by atoms with Crippen molar-refractivity contribution < 1.29 is 42.6 Å². The number of nitrogens with zero attached hydrogens (tertiary/aromatic N) is 6. The van der Waals surface area contributed by atoms with Crippen LogP contribution in [-0.2, 0) is 0 Å². The van der Waals surface area contributed by atoms with E-state index in [2.05, 4.69) is 135 Å². The van der Waals surface area contributed by atoms with Gasteiger partial charge in [-0.1, -0.05) is 467 Å². The van der Waals surface area contributed by atoms with Crippen LogP contribution in [0.5, 0.6) is 51.7 Å². The average Bonchev–Trinajstić information content (AvgIpc) is 0.773. The summed E-state index contributed by atoms with van der Waals surface area (Å²) < 4.78 is 63.6. The molecule has 0 aliphatic carbocycles. The van der Waals surface area contributed by atoms with Crippen molar-refractivity contribution in [3.05, 3.63) is 36.4 Å². The molecule has 0 bridgehead atoms. The first-order chi connectivity index (χ1) is 63.6. The van der Waals surface area contributed by atoms with E-state index in [9.17, 15) is 0 Å². The second-order valence-electron chi connectivity index (χ2n) is 38.1. The molecule has 0 aliphatic heterocycles. The molecule has 1 aromatic heterocycles. The molecular formula is C114H204N6O9. The molecule has 0 amide bonds. The highest BCUT2D eigenvalue weighted by Crippen LogP contribution is 2.48. The van der Waals surface area contributed by atoms with Crippen molar-refractivity contribution in [2.75, 3.05) is 95.3 Å². The minimum atomic E-state index is 0.439. The monoisotopic (exact) mass is 1800 g/mol. The summed E-state index contributed by atoms with van der Waals surface area (Å²) in [5, 5.41) is 0. The van der Waals surface area contributed by atoms with Crippen LogP contribution in [0.4, 0.5) is 34.9 Å². The smallest absolute Gasteiger partial charge is 0.236 e. The van der Waals surface area contributed by atoms with Crippen LogP contribution in [-0.4, -0.2) is 95.6 Å². The summed E-state index contributed by atoms with van der Waals surface area (Å²) in [4.78, 5) is 23.1. The molecule has 129 heavy (non-hydrogen) atoms. The number of rotatable bonds is 96. The summed E-state index contributed by atoms with van der Waals surface area (Å²) in [6, 6.07) is 12.9. The predicted octanol–water partition coefficient (Wildman–Crippen LogP) is 36.9. The van der Waals surface area contributed by atoms with Gasteiger partial charge < -0.3 is 57.3 Å². The van der Waals surface area contributed by atoms with E-state index in [1.54, 1.807) is 0 Å². The predicted molar refractivity (Wildman–Crippen MR) is 556 cm³/mol. The summed E-state index contributed by atoms with van der Waals surface area (Å²) in [5.74, 6) is 7.47. The zero-order valence-electron chi connectivity index (χ0n) is 86.6. The molecule has 0 fully saturated rings. The van der Waals surface area contributed by atoms with Crippen LogP contribution in [0.3, 0.4) is 0 Å². The molecule has 744 valence electrons. The summed E-state index contributed by atoms with van der Waals surface area (Å²) in [5.41, 5.74) is 2.45. The van der Waals surface area contributed by atoms with Gasteiger partial charge in [-0.15, -0.1) is 0 Å². The van der Waals surface area contributed by atoms with Gasteiger partial charge in [-0.3, -0.25) is 0 Å². The van der Waals surface area contributed by atoms with Gasteiger partial charge in [-0.25, -0.2) is 0 Å². The van der Waals surface area contributed by atoms with Crippen molar-refractivity contribution in [3.8, 4) is 51.7 Å². The minimum absolute atomic E-state index is 0.439. The highest BCUT2D eigenvalue weighted by Gasteiger charge is 2.27. The summed E-state index contributed by atoms with van der Waals surface area (Å²) >= 11 is 0. The van der Waals surface area contributed by atoms with Crippen LogP contribution in [0.25, 0.3) is 0 Å². The Balaban J connectivity index is 2.10.